The third kappa shape index (κ3) is 3.68. The molecule has 0 spiro atoms. The Bertz CT molecular complexity index is 203. The van der Waals surface area contributed by atoms with Gasteiger partial charge in [-0.25, -0.2) is 0 Å². The molecule has 0 aromatic heterocycles. The van der Waals surface area contributed by atoms with Crippen molar-refractivity contribution in [3.8, 4) is 12.3 Å². The van der Waals surface area contributed by atoms with E-state index in [0.717, 1.165) is 0 Å². The van der Waals surface area contributed by atoms with E-state index in [0.29, 0.717) is 0 Å². The molecule has 0 radical (unpaired) electrons. The molecule has 0 aromatic rings. The lowest BCUT2D eigenvalue weighted by Gasteiger charge is -2.19. The highest BCUT2D eigenvalue weighted by Crippen LogP contribution is 2.25. The van der Waals surface area contributed by atoms with E-state index in [4.69, 9.17) is 6.42 Å². The number of allylic oxidation sites excluding steroid dienone is 4. The van der Waals surface area contributed by atoms with Crippen LogP contribution in [-0.4, -0.2) is 0 Å². The van der Waals surface area contributed by atoms with Crippen LogP contribution in [-0.2, 0) is 0 Å². The zero-order valence-corrected chi connectivity index (χ0v) is 7.81. The SMILES string of the molecule is C#C/C=C\C(=C/C)C(C)(C)C. The second kappa shape index (κ2) is 4.03. The molecule has 0 fully saturated rings. The highest BCUT2D eigenvalue weighted by molar-refractivity contribution is 5.28. The summed E-state index contributed by atoms with van der Waals surface area (Å²) in [6, 6.07) is 0. The summed E-state index contributed by atoms with van der Waals surface area (Å²) >= 11 is 0. The molecular formula is C11H16. The molecule has 0 heteroatoms. The lowest BCUT2D eigenvalue weighted by molar-refractivity contribution is 0.516. The molecule has 0 bridgehead atoms. The van der Waals surface area contributed by atoms with Gasteiger partial charge in [0.05, 0.1) is 0 Å². The Hall–Kier alpha value is -0.960. The first-order valence-corrected chi connectivity index (χ1v) is 3.82. The molecule has 0 unspecified atom stereocenters. The molecule has 0 atom stereocenters. The standard InChI is InChI=1S/C11H16/c1-6-8-9-10(7-2)11(3,4)5/h1,7-9H,2-5H3/b9-8-,10-7+. The second-order valence-electron chi connectivity index (χ2n) is 3.49. The van der Waals surface area contributed by atoms with Gasteiger partial charge in [-0.3, -0.25) is 0 Å². The van der Waals surface area contributed by atoms with Crippen LogP contribution in [0.1, 0.15) is 27.7 Å². The first kappa shape index (κ1) is 10.0. The molecule has 0 N–H and O–H groups in total. The minimum Gasteiger partial charge on any atom is -0.115 e. The van der Waals surface area contributed by atoms with Gasteiger partial charge in [-0.05, 0) is 24.0 Å². The Morgan fingerprint density at radius 2 is 1.91 bits per heavy atom. The van der Waals surface area contributed by atoms with Crippen LogP contribution in [0.2, 0.25) is 0 Å². The van der Waals surface area contributed by atoms with E-state index in [-0.39, 0.29) is 5.41 Å². The number of terminal acetylenes is 1. The van der Waals surface area contributed by atoms with Crippen molar-refractivity contribution in [1.29, 1.82) is 0 Å². The molecule has 0 aliphatic rings. The normalized spacial score (nSPS) is 13.5. The third-order valence-electron chi connectivity index (χ3n) is 1.54. The Kier molecular flexibility index (Phi) is 3.68. The Morgan fingerprint density at radius 3 is 2.18 bits per heavy atom. The van der Waals surface area contributed by atoms with Gasteiger partial charge in [0.15, 0.2) is 0 Å². The fourth-order valence-corrected chi connectivity index (χ4v) is 0.917. The van der Waals surface area contributed by atoms with Crippen LogP contribution in [0.5, 0.6) is 0 Å². The molecule has 11 heavy (non-hydrogen) atoms. The summed E-state index contributed by atoms with van der Waals surface area (Å²) in [7, 11) is 0. The summed E-state index contributed by atoms with van der Waals surface area (Å²) < 4.78 is 0. The second-order valence-corrected chi connectivity index (χ2v) is 3.49. The maximum absolute atomic E-state index is 5.11. The molecule has 60 valence electrons. The Morgan fingerprint density at radius 1 is 1.36 bits per heavy atom. The molecule has 0 amide bonds. The fraction of sp³-hybridized carbons (Fsp3) is 0.455. The minimum atomic E-state index is 0.197. The number of hydrogen-bond acceptors (Lipinski definition) is 0. The quantitative estimate of drug-likeness (QED) is 0.396. The predicted octanol–water partition coefficient (Wildman–Crippen LogP) is 3.17. The fourth-order valence-electron chi connectivity index (χ4n) is 0.917. The van der Waals surface area contributed by atoms with Gasteiger partial charge < -0.3 is 0 Å². The van der Waals surface area contributed by atoms with Gasteiger partial charge >= 0.3 is 0 Å². The molecule has 0 nitrogen and oxygen atoms in total. The average molecular weight is 148 g/mol. The van der Waals surface area contributed by atoms with Crippen LogP contribution in [0, 0.1) is 17.8 Å². The average Bonchev–Trinajstić information content (AvgIpc) is 1.87. The van der Waals surface area contributed by atoms with E-state index in [9.17, 15) is 0 Å². The molecule has 0 rings (SSSR count). The van der Waals surface area contributed by atoms with Gasteiger partial charge in [0.1, 0.15) is 0 Å². The van der Waals surface area contributed by atoms with Gasteiger partial charge in [0.25, 0.3) is 0 Å². The molecule has 0 aromatic carbocycles. The summed E-state index contributed by atoms with van der Waals surface area (Å²) in [5.41, 5.74) is 1.47. The molecule has 0 saturated carbocycles. The van der Waals surface area contributed by atoms with Crippen LogP contribution >= 0.6 is 0 Å². The van der Waals surface area contributed by atoms with Crippen molar-refractivity contribution in [3.05, 3.63) is 23.8 Å². The van der Waals surface area contributed by atoms with Crippen molar-refractivity contribution in [2.75, 3.05) is 0 Å². The van der Waals surface area contributed by atoms with Crippen LogP contribution < -0.4 is 0 Å². The first-order valence-electron chi connectivity index (χ1n) is 3.82. The lowest BCUT2D eigenvalue weighted by Crippen LogP contribution is -2.06. The highest BCUT2D eigenvalue weighted by atomic mass is 14.2. The zero-order chi connectivity index (χ0) is 8.91. The van der Waals surface area contributed by atoms with Gasteiger partial charge in [-0.15, -0.1) is 6.42 Å². The number of rotatable bonds is 1. The van der Waals surface area contributed by atoms with E-state index < -0.39 is 0 Å². The van der Waals surface area contributed by atoms with E-state index in [1.165, 1.54) is 5.57 Å². The summed E-state index contributed by atoms with van der Waals surface area (Å²) in [5.74, 6) is 2.48. The van der Waals surface area contributed by atoms with Crippen molar-refractivity contribution in [2.24, 2.45) is 5.41 Å². The van der Waals surface area contributed by atoms with Gasteiger partial charge in [0.2, 0.25) is 0 Å². The van der Waals surface area contributed by atoms with Crippen molar-refractivity contribution >= 4 is 0 Å². The molecule has 0 saturated heterocycles. The first-order chi connectivity index (χ1) is 5.02. The maximum atomic E-state index is 5.11. The van der Waals surface area contributed by atoms with E-state index in [1.807, 2.05) is 13.0 Å². The summed E-state index contributed by atoms with van der Waals surface area (Å²) in [4.78, 5) is 0. The zero-order valence-electron chi connectivity index (χ0n) is 7.81. The number of hydrogen-bond donors (Lipinski definition) is 0. The molecule has 0 heterocycles. The summed E-state index contributed by atoms with van der Waals surface area (Å²) in [6.45, 7) is 8.54. The van der Waals surface area contributed by atoms with E-state index in [1.54, 1.807) is 6.08 Å². The monoisotopic (exact) mass is 148 g/mol. The van der Waals surface area contributed by atoms with Crippen molar-refractivity contribution in [3.63, 3.8) is 0 Å². The predicted molar refractivity (Wildman–Crippen MR) is 51.2 cm³/mol. The Labute approximate surface area is 70.0 Å². The summed E-state index contributed by atoms with van der Waals surface area (Å²) in [6.07, 6.45) is 10.9. The van der Waals surface area contributed by atoms with Crippen LogP contribution in [0.4, 0.5) is 0 Å². The van der Waals surface area contributed by atoms with Crippen molar-refractivity contribution < 1.29 is 0 Å². The topological polar surface area (TPSA) is 0 Å². The van der Waals surface area contributed by atoms with Crippen molar-refractivity contribution in [1.82, 2.24) is 0 Å². The minimum absolute atomic E-state index is 0.197. The van der Waals surface area contributed by atoms with Gasteiger partial charge in [-0.2, -0.15) is 0 Å². The van der Waals surface area contributed by atoms with Gasteiger partial charge in [0, 0.05) is 0 Å². The lowest BCUT2D eigenvalue weighted by atomic mass is 9.86. The third-order valence-corrected chi connectivity index (χ3v) is 1.54. The molecule has 0 aliphatic carbocycles. The smallest absolute Gasteiger partial charge is 0.0119 e. The van der Waals surface area contributed by atoms with E-state index in [2.05, 4.69) is 32.8 Å². The highest BCUT2D eigenvalue weighted by Gasteiger charge is 2.12. The Balaban J connectivity index is 4.49. The largest absolute Gasteiger partial charge is 0.115 e. The molecular weight excluding hydrogens is 132 g/mol. The van der Waals surface area contributed by atoms with Gasteiger partial charge in [-0.1, -0.05) is 38.8 Å². The van der Waals surface area contributed by atoms with Crippen LogP contribution in [0.3, 0.4) is 0 Å². The van der Waals surface area contributed by atoms with Crippen LogP contribution in [0.15, 0.2) is 23.8 Å². The van der Waals surface area contributed by atoms with E-state index >= 15 is 0 Å². The summed E-state index contributed by atoms with van der Waals surface area (Å²) in [5, 5.41) is 0. The molecule has 0 aliphatic heterocycles. The van der Waals surface area contributed by atoms with Crippen molar-refractivity contribution in [2.45, 2.75) is 27.7 Å². The van der Waals surface area contributed by atoms with Crippen LogP contribution in [0.25, 0.3) is 0 Å². The maximum Gasteiger partial charge on any atom is -0.0119 e.